The van der Waals surface area contributed by atoms with E-state index in [-0.39, 0.29) is 11.8 Å². The number of ether oxygens (including phenoxy) is 3. The fourth-order valence-corrected chi connectivity index (χ4v) is 6.16. The molecule has 7 nitrogen and oxygen atoms in total. The lowest BCUT2D eigenvalue weighted by molar-refractivity contribution is -0.130. The average Bonchev–Trinajstić information content (AvgIpc) is 2.95. The van der Waals surface area contributed by atoms with Gasteiger partial charge in [-0.1, -0.05) is 18.2 Å². The first-order valence-electron chi connectivity index (χ1n) is 12.6. The molecule has 0 spiro atoms. The van der Waals surface area contributed by atoms with Crippen LogP contribution in [0.1, 0.15) is 36.0 Å². The Labute approximate surface area is 218 Å². The van der Waals surface area contributed by atoms with Crippen molar-refractivity contribution in [1.82, 2.24) is 9.80 Å². The zero-order chi connectivity index (χ0) is 25.5. The highest BCUT2D eigenvalue weighted by Gasteiger charge is 2.32. The summed E-state index contributed by atoms with van der Waals surface area (Å²) in [5.41, 5.74) is 0.545. The van der Waals surface area contributed by atoms with Gasteiger partial charge in [-0.3, -0.25) is 9.59 Å². The van der Waals surface area contributed by atoms with Crippen LogP contribution < -0.4 is 14.2 Å². The highest BCUT2D eigenvalue weighted by molar-refractivity contribution is 8.00. The molecule has 0 aromatic heterocycles. The third-order valence-electron chi connectivity index (χ3n) is 7.40. The van der Waals surface area contributed by atoms with Gasteiger partial charge >= 0.3 is 0 Å². The molecule has 0 unspecified atom stereocenters. The standard InChI is InChI=1S/C28H36N2O5S/c1-33-24-17-22(18-25(34-2)27(24)35-3)28(32)30-15-11-21(12-16-30)20-9-13-29(14-10-20)26(31)19-36-23-7-5-4-6-8-23/h4-8,17-18,20-21H,9-16,19H2,1-3H3. The van der Waals surface area contributed by atoms with Crippen LogP contribution in [0.4, 0.5) is 0 Å². The molecule has 0 bridgehead atoms. The molecule has 4 rings (SSSR count). The summed E-state index contributed by atoms with van der Waals surface area (Å²) in [6, 6.07) is 13.5. The summed E-state index contributed by atoms with van der Waals surface area (Å²) in [4.78, 5) is 31.0. The number of rotatable bonds is 8. The average molecular weight is 513 g/mol. The molecule has 2 aromatic rings. The molecule has 8 heteroatoms. The third kappa shape index (κ3) is 6.09. The molecule has 2 aromatic carbocycles. The Morgan fingerprint density at radius 1 is 0.806 bits per heavy atom. The maximum atomic E-state index is 13.2. The summed E-state index contributed by atoms with van der Waals surface area (Å²) in [6.45, 7) is 3.16. The van der Waals surface area contributed by atoms with Gasteiger partial charge in [0, 0.05) is 36.6 Å². The largest absolute Gasteiger partial charge is 0.493 e. The van der Waals surface area contributed by atoms with Gasteiger partial charge in [0.2, 0.25) is 11.7 Å². The Bertz CT molecular complexity index is 1010. The topological polar surface area (TPSA) is 68.3 Å². The van der Waals surface area contributed by atoms with Gasteiger partial charge in [-0.25, -0.2) is 0 Å². The summed E-state index contributed by atoms with van der Waals surface area (Å²) >= 11 is 1.61. The van der Waals surface area contributed by atoms with Crippen molar-refractivity contribution >= 4 is 23.6 Å². The Morgan fingerprint density at radius 2 is 1.33 bits per heavy atom. The number of hydrogen-bond donors (Lipinski definition) is 0. The van der Waals surface area contributed by atoms with Crippen molar-refractivity contribution in [1.29, 1.82) is 0 Å². The van der Waals surface area contributed by atoms with Gasteiger partial charge in [0.1, 0.15) is 0 Å². The van der Waals surface area contributed by atoms with Crippen LogP contribution in [0.15, 0.2) is 47.4 Å². The molecule has 194 valence electrons. The first kappa shape index (κ1) is 26.2. The Kier molecular flexibility index (Phi) is 9.02. The van der Waals surface area contributed by atoms with Crippen molar-refractivity contribution in [3.05, 3.63) is 48.0 Å². The SMILES string of the molecule is COc1cc(C(=O)N2CCC(C3CCN(C(=O)CSc4ccccc4)CC3)CC2)cc(OC)c1OC. The molecule has 0 atom stereocenters. The lowest BCUT2D eigenvalue weighted by atomic mass is 9.78. The number of nitrogens with zero attached hydrogens (tertiary/aromatic N) is 2. The quantitative estimate of drug-likeness (QED) is 0.482. The summed E-state index contributed by atoms with van der Waals surface area (Å²) in [5.74, 6) is 3.39. The highest BCUT2D eigenvalue weighted by Crippen LogP contribution is 2.39. The zero-order valence-corrected chi connectivity index (χ0v) is 22.2. The minimum Gasteiger partial charge on any atom is -0.493 e. The van der Waals surface area contributed by atoms with Crippen LogP contribution >= 0.6 is 11.8 Å². The lowest BCUT2D eigenvalue weighted by Gasteiger charge is -2.40. The predicted octanol–water partition coefficient (Wildman–Crippen LogP) is 4.60. The van der Waals surface area contributed by atoms with E-state index >= 15 is 0 Å². The monoisotopic (exact) mass is 512 g/mol. The first-order valence-corrected chi connectivity index (χ1v) is 13.6. The minimum absolute atomic E-state index is 0.0102. The zero-order valence-electron chi connectivity index (χ0n) is 21.4. The highest BCUT2D eigenvalue weighted by atomic mass is 32.2. The predicted molar refractivity (Wildman–Crippen MR) is 141 cm³/mol. The summed E-state index contributed by atoms with van der Waals surface area (Å²) < 4.78 is 16.2. The van der Waals surface area contributed by atoms with Crippen LogP contribution in [-0.2, 0) is 4.79 Å². The van der Waals surface area contributed by atoms with Gasteiger partial charge in [0.15, 0.2) is 11.5 Å². The van der Waals surface area contributed by atoms with Crippen LogP contribution in [0.25, 0.3) is 0 Å². The van der Waals surface area contributed by atoms with E-state index in [1.807, 2.05) is 40.1 Å². The molecule has 2 saturated heterocycles. The Hall–Kier alpha value is -2.87. The lowest BCUT2D eigenvalue weighted by Crippen LogP contribution is -2.44. The molecular weight excluding hydrogens is 476 g/mol. The van der Waals surface area contributed by atoms with Gasteiger partial charge in [-0.2, -0.15) is 0 Å². The number of carbonyl (C=O) groups is 2. The summed E-state index contributed by atoms with van der Waals surface area (Å²) in [6.07, 6.45) is 4.09. The van der Waals surface area contributed by atoms with Crippen LogP contribution in [0.2, 0.25) is 0 Å². The van der Waals surface area contributed by atoms with Crippen LogP contribution in [-0.4, -0.2) is 74.9 Å². The van der Waals surface area contributed by atoms with Crippen molar-refractivity contribution in [3.63, 3.8) is 0 Å². The molecule has 0 saturated carbocycles. The van der Waals surface area contributed by atoms with E-state index in [2.05, 4.69) is 0 Å². The molecule has 2 fully saturated rings. The van der Waals surface area contributed by atoms with Gasteiger partial charge in [0.05, 0.1) is 27.1 Å². The van der Waals surface area contributed by atoms with Crippen molar-refractivity contribution < 1.29 is 23.8 Å². The third-order valence-corrected chi connectivity index (χ3v) is 8.40. The number of thioether (sulfide) groups is 1. The molecule has 0 N–H and O–H groups in total. The van der Waals surface area contributed by atoms with E-state index in [0.29, 0.717) is 40.4 Å². The van der Waals surface area contributed by atoms with E-state index < -0.39 is 0 Å². The number of hydrogen-bond acceptors (Lipinski definition) is 6. The van der Waals surface area contributed by atoms with Crippen LogP contribution in [0.5, 0.6) is 17.2 Å². The van der Waals surface area contributed by atoms with E-state index in [0.717, 1.165) is 56.8 Å². The van der Waals surface area contributed by atoms with E-state index in [1.165, 1.54) is 0 Å². The van der Waals surface area contributed by atoms with Crippen molar-refractivity contribution in [3.8, 4) is 17.2 Å². The normalized spacial score (nSPS) is 17.1. The second-order valence-corrected chi connectivity index (χ2v) is 10.4. The molecule has 2 heterocycles. The maximum Gasteiger partial charge on any atom is 0.254 e. The number of carbonyl (C=O) groups excluding carboxylic acids is 2. The van der Waals surface area contributed by atoms with E-state index in [1.54, 1.807) is 45.2 Å². The molecule has 0 radical (unpaired) electrons. The Balaban J connectivity index is 1.25. The fraction of sp³-hybridized carbons (Fsp3) is 0.500. The number of likely N-dealkylation sites (tertiary alicyclic amines) is 2. The van der Waals surface area contributed by atoms with Crippen molar-refractivity contribution in [2.24, 2.45) is 11.8 Å². The molecule has 0 aliphatic carbocycles. The second kappa shape index (κ2) is 12.4. The maximum absolute atomic E-state index is 13.2. The van der Waals surface area contributed by atoms with Gasteiger partial charge < -0.3 is 24.0 Å². The number of benzene rings is 2. The number of amides is 2. The number of piperidine rings is 2. The second-order valence-electron chi connectivity index (χ2n) is 9.36. The fourth-order valence-electron chi connectivity index (χ4n) is 5.33. The number of methoxy groups -OCH3 is 3. The van der Waals surface area contributed by atoms with E-state index in [9.17, 15) is 9.59 Å². The molecule has 2 aliphatic rings. The summed E-state index contributed by atoms with van der Waals surface area (Å²) in [5, 5.41) is 0. The van der Waals surface area contributed by atoms with Crippen molar-refractivity contribution in [2.75, 3.05) is 53.3 Å². The van der Waals surface area contributed by atoms with E-state index in [4.69, 9.17) is 14.2 Å². The smallest absolute Gasteiger partial charge is 0.254 e. The van der Waals surface area contributed by atoms with Gasteiger partial charge in [-0.15, -0.1) is 11.8 Å². The molecule has 2 aliphatic heterocycles. The Morgan fingerprint density at radius 3 is 1.83 bits per heavy atom. The molecule has 2 amide bonds. The summed E-state index contributed by atoms with van der Waals surface area (Å²) in [7, 11) is 4.66. The molecular formula is C28H36N2O5S. The van der Waals surface area contributed by atoms with Crippen molar-refractivity contribution in [2.45, 2.75) is 30.6 Å². The first-order chi connectivity index (χ1) is 17.5. The van der Waals surface area contributed by atoms with Crippen LogP contribution in [0, 0.1) is 11.8 Å². The van der Waals surface area contributed by atoms with Gasteiger partial charge in [0.25, 0.3) is 5.91 Å². The molecule has 36 heavy (non-hydrogen) atoms. The van der Waals surface area contributed by atoms with Gasteiger partial charge in [-0.05, 0) is 61.8 Å². The minimum atomic E-state index is -0.0102. The van der Waals surface area contributed by atoms with Crippen LogP contribution in [0.3, 0.4) is 0 Å².